The average Bonchev–Trinajstić information content (AvgIpc) is 2.56. The Bertz CT molecular complexity index is 672. The van der Waals surface area contributed by atoms with Crippen LogP contribution in [0.2, 0.25) is 0 Å². The fourth-order valence-electron chi connectivity index (χ4n) is 1.75. The lowest BCUT2D eigenvalue weighted by Gasteiger charge is -2.09. The lowest BCUT2D eigenvalue weighted by Crippen LogP contribution is -2.35. The van der Waals surface area contributed by atoms with E-state index in [1.807, 2.05) is 0 Å². The Kier molecular flexibility index (Phi) is 5.51. The summed E-state index contributed by atoms with van der Waals surface area (Å²) in [5.74, 6) is -0.129. The third-order valence-corrected chi connectivity index (χ3v) is 2.89. The molecule has 0 unspecified atom stereocenters. The Morgan fingerprint density at radius 1 is 0.957 bits per heavy atom. The number of amides is 3. The summed E-state index contributed by atoms with van der Waals surface area (Å²) in [6, 6.07) is 11.6. The molecule has 7 heteroatoms. The van der Waals surface area contributed by atoms with Crippen LogP contribution in [-0.2, 0) is 4.79 Å². The van der Waals surface area contributed by atoms with Crippen molar-refractivity contribution in [3.05, 3.63) is 54.3 Å². The highest BCUT2D eigenvalue weighted by Gasteiger charge is 2.06. The molecule has 0 saturated heterocycles. The fraction of sp³-hybridized carbons (Fsp3) is 0.125. The minimum absolute atomic E-state index is 0.209. The topological polar surface area (TPSA) is 79.5 Å². The molecule has 6 nitrogen and oxygen atoms in total. The Balaban J connectivity index is 1.76. The SMILES string of the molecule is COc1ccc(NC(=O)NCC(=O)Nc2ccc(F)cc2)cc1. The van der Waals surface area contributed by atoms with Crippen LogP contribution in [0, 0.1) is 5.82 Å². The molecule has 0 aliphatic carbocycles. The van der Waals surface area contributed by atoms with E-state index in [9.17, 15) is 14.0 Å². The van der Waals surface area contributed by atoms with E-state index in [4.69, 9.17) is 4.74 Å². The minimum Gasteiger partial charge on any atom is -0.497 e. The van der Waals surface area contributed by atoms with Crippen molar-refractivity contribution >= 4 is 23.3 Å². The first-order valence-corrected chi connectivity index (χ1v) is 6.81. The number of ether oxygens (including phenoxy) is 1. The van der Waals surface area contributed by atoms with Crippen LogP contribution in [-0.4, -0.2) is 25.6 Å². The van der Waals surface area contributed by atoms with E-state index in [1.54, 1.807) is 31.4 Å². The summed E-state index contributed by atoms with van der Waals surface area (Å²) in [4.78, 5) is 23.4. The number of nitrogens with one attached hydrogen (secondary N) is 3. The van der Waals surface area contributed by atoms with E-state index < -0.39 is 11.9 Å². The summed E-state index contributed by atoms with van der Waals surface area (Å²) < 4.78 is 17.8. The van der Waals surface area contributed by atoms with Gasteiger partial charge in [-0.1, -0.05) is 0 Å². The van der Waals surface area contributed by atoms with Gasteiger partial charge in [0.05, 0.1) is 13.7 Å². The zero-order valence-electron chi connectivity index (χ0n) is 12.4. The van der Waals surface area contributed by atoms with Gasteiger partial charge in [-0.15, -0.1) is 0 Å². The standard InChI is InChI=1S/C16H16FN3O3/c1-23-14-8-6-13(7-9-14)20-16(22)18-10-15(21)19-12-4-2-11(17)3-5-12/h2-9H,10H2,1H3,(H,19,21)(H2,18,20,22). The second-order valence-electron chi connectivity index (χ2n) is 4.59. The number of hydrogen-bond donors (Lipinski definition) is 3. The quantitative estimate of drug-likeness (QED) is 0.793. The summed E-state index contributed by atoms with van der Waals surface area (Å²) in [5, 5.41) is 7.55. The molecule has 0 heterocycles. The molecule has 0 aromatic heterocycles. The molecule has 0 radical (unpaired) electrons. The Morgan fingerprint density at radius 2 is 1.52 bits per heavy atom. The van der Waals surface area contributed by atoms with E-state index in [1.165, 1.54) is 24.3 Å². The molecule has 2 rings (SSSR count). The Labute approximate surface area is 132 Å². The van der Waals surface area contributed by atoms with Crippen LogP contribution in [0.4, 0.5) is 20.6 Å². The lowest BCUT2D eigenvalue weighted by atomic mass is 10.3. The molecule has 0 atom stereocenters. The number of hydrogen-bond acceptors (Lipinski definition) is 3. The zero-order chi connectivity index (χ0) is 16.7. The van der Waals surface area contributed by atoms with Gasteiger partial charge in [0.25, 0.3) is 0 Å². The van der Waals surface area contributed by atoms with Crippen LogP contribution < -0.4 is 20.7 Å². The molecule has 0 aliphatic heterocycles. The van der Waals surface area contributed by atoms with Gasteiger partial charge in [0.15, 0.2) is 0 Å². The molecule has 0 saturated carbocycles. The maximum absolute atomic E-state index is 12.7. The number of rotatable bonds is 5. The van der Waals surface area contributed by atoms with Gasteiger partial charge in [0, 0.05) is 11.4 Å². The predicted octanol–water partition coefficient (Wildman–Crippen LogP) is 2.59. The molecule has 23 heavy (non-hydrogen) atoms. The fourth-order valence-corrected chi connectivity index (χ4v) is 1.75. The van der Waals surface area contributed by atoms with Crippen LogP contribution >= 0.6 is 0 Å². The third-order valence-electron chi connectivity index (χ3n) is 2.89. The van der Waals surface area contributed by atoms with Crippen molar-refractivity contribution in [1.82, 2.24) is 5.32 Å². The van der Waals surface area contributed by atoms with Crippen LogP contribution in [0.5, 0.6) is 5.75 Å². The summed E-state index contributed by atoms with van der Waals surface area (Å²) in [5.41, 5.74) is 1.02. The number of benzene rings is 2. The predicted molar refractivity (Wildman–Crippen MR) is 85.0 cm³/mol. The lowest BCUT2D eigenvalue weighted by molar-refractivity contribution is -0.115. The highest BCUT2D eigenvalue weighted by Crippen LogP contribution is 2.14. The molecular weight excluding hydrogens is 301 g/mol. The highest BCUT2D eigenvalue weighted by molar-refractivity contribution is 5.96. The van der Waals surface area contributed by atoms with E-state index in [0.29, 0.717) is 17.1 Å². The van der Waals surface area contributed by atoms with E-state index in [2.05, 4.69) is 16.0 Å². The summed E-state index contributed by atoms with van der Waals surface area (Å²) in [6.45, 7) is -0.209. The van der Waals surface area contributed by atoms with Gasteiger partial charge in [0.1, 0.15) is 11.6 Å². The first-order chi connectivity index (χ1) is 11.1. The van der Waals surface area contributed by atoms with Gasteiger partial charge in [-0.25, -0.2) is 9.18 Å². The number of anilines is 2. The van der Waals surface area contributed by atoms with Gasteiger partial charge < -0.3 is 20.7 Å². The monoisotopic (exact) mass is 317 g/mol. The second-order valence-corrected chi connectivity index (χ2v) is 4.59. The minimum atomic E-state index is -0.510. The smallest absolute Gasteiger partial charge is 0.319 e. The van der Waals surface area contributed by atoms with Crippen LogP contribution in [0.3, 0.4) is 0 Å². The molecule has 0 spiro atoms. The molecule has 0 bridgehead atoms. The first kappa shape index (κ1) is 16.3. The zero-order valence-corrected chi connectivity index (χ0v) is 12.4. The summed E-state index contributed by atoms with van der Waals surface area (Å²) >= 11 is 0. The van der Waals surface area contributed by atoms with Crippen molar-refractivity contribution in [3.8, 4) is 5.75 Å². The van der Waals surface area contributed by atoms with Gasteiger partial charge >= 0.3 is 6.03 Å². The number of urea groups is 1. The normalized spacial score (nSPS) is 9.83. The molecule has 3 N–H and O–H groups in total. The highest BCUT2D eigenvalue weighted by atomic mass is 19.1. The summed E-state index contributed by atoms with van der Waals surface area (Å²) in [7, 11) is 1.55. The largest absolute Gasteiger partial charge is 0.497 e. The van der Waals surface area contributed by atoms with E-state index >= 15 is 0 Å². The maximum Gasteiger partial charge on any atom is 0.319 e. The first-order valence-electron chi connectivity index (χ1n) is 6.81. The van der Waals surface area contributed by atoms with Crippen molar-refractivity contribution in [3.63, 3.8) is 0 Å². The molecule has 2 aromatic rings. The summed E-state index contributed by atoms with van der Waals surface area (Å²) in [6.07, 6.45) is 0. The Hall–Kier alpha value is -3.09. The number of carbonyl (C=O) groups excluding carboxylic acids is 2. The van der Waals surface area contributed by atoms with Gasteiger partial charge in [-0.05, 0) is 48.5 Å². The molecule has 2 aromatic carbocycles. The number of methoxy groups -OCH3 is 1. The van der Waals surface area contributed by atoms with Crippen LogP contribution in [0.25, 0.3) is 0 Å². The number of carbonyl (C=O) groups is 2. The average molecular weight is 317 g/mol. The van der Waals surface area contributed by atoms with Gasteiger partial charge in [-0.3, -0.25) is 4.79 Å². The van der Waals surface area contributed by atoms with Crippen LogP contribution in [0.1, 0.15) is 0 Å². The maximum atomic E-state index is 12.7. The van der Waals surface area contributed by atoms with Crippen molar-refractivity contribution in [1.29, 1.82) is 0 Å². The van der Waals surface area contributed by atoms with Crippen molar-refractivity contribution < 1.29 is 18.7 Å². The van der Waals surface area contributed by atoms with Crippen LogP contribution in [0.15, 0.2) is 48.5 Å². The molecule has 0 fully saturated rings. The van der Waals surface area contributed by atoms with Crippen molar-refractivity contribution in [2.24, 2.45) is 0 Å². The molecule has 120 valence electrons. The van der Waals surface area contributed by atoms with Gasteiger partial charge in [0.2, 0.25) is 5.91 Å². The van der Waals surface area contributed by atoms with Crippen molar-refractivity contribution in [2.75, 3.05) is 24.3 Å². The molecule has 0 aliphatic rings. The number of halogens is 1. The van der Waals surface area contributed by atoms with Gasteiger partial charge in [-0.2, -0.15) is 0 Å². The van der Waals surface area contributed by atoms with Crippen molar-refractivity contribution in [2.45, 2.75) is 0 Å². The van der Waals surface area contributed by atoms with E-state index in [-0.39, 0.29) is 12.4 Å². The van der Waals surface area contributed by atoms with E-state index in [0.717, 1.165) is 0 Å². The molecular formula is C16H16FN3O3. The Morgan fingerprint density at radius 3 is 2.13 bits per heavy atom. The molecule has 3 amide bonds. The second kappa shape index (κ2) is 7.79. The third kappa shape index (κ3) is 5.31.